The molecule has 240 valence electrons. The molecular formula is C35H43N9O2. The highest BCUT2D eigenvalue weighted by Crippen LogP contribution is 2.40. The van der Waals surface area contributed by atoms with Crippen molar-refractivity contribution >= 4 is 22.9 Å². The van der Waals surface area contributed by atoms with E-state index in [1.54, 1.807) is 11.0 Å². The lowest BCUT2D eigenvalue weighted by molar-refractivity contribution is 0.00721. The molecule has 4 heterocycles. The maximum absolute atomic E-state index is 11.3. The van der Waals surface area contributed by atoms with E-state index < -0.39 is 18.2 Å². The number of anilines is 2. The molecule has 0 amide bonds. The van der Waals surface area contributed by atoms with Gasteiger partial charge in [-0.25, -0.2) is 4.98 Å². The molecule has 2 aliphatic rings. The van der Waals surface area contributed by atoms with Crippen molar-refractivity contribution in [2.45, 2.75) is 62.4 Å². The second kappa shape index (κ2) is 12.8. The Labute approximate surface area is 269 Å². The zero-order chi connectivity index (χ0) is 31.8. The number of benzene rings is 2. The summed E-state index contributed by atoms with van der Waals surface area (Å²) in [5.41, 5.74) is 4.80. The summed E-state index contributed by atoms with van der Waals surface area (Å²) in [6.45, 7) is 4.37. The first-order valence-electron chi connectivity index (χ1n) is 16.3. The van der Waals surface area contributed by atoms with Crippen LogP contribution in [0.4, 0.5) is 11.8 Å². The lowest BCUT2D eigenvalue weighted by Crippen LogP contribution is -2.32. The van der Waals surface area contributed by atoms with Crippen LogP contribution in [0.2, 0.25) is 0 Å². The molecule has 0 spiro atoms. The van der Waals surface area contributed by atoms with Crippen LogP contribution in [0.15, 0.2) is 79.4 Å². The Morgan fingerprint density at radius 3 is 2.28 bits per heavy atom. The van der Waals surface area contributed by atoms with Gasteiger partial charge in [0.05, 0.1) is 24.6 Å². The first kappa shape index (κ1) is 30.3. The van der Waals surface area contributed by atoms with Crippen molar-refractivity contribution < 1.29 is 10.2 Å². The number of rotatable bonds is 10. The summed E-state index contributed by atoms with van der Waals surface area (Å²) in [6.07, 6.45) is 5.93. The predicted octanol–water partition coefficient (Wildman–Crippen LogP) is 3.88. The molecule has 0 bridgehead atoms. The van der Waals surface area contributed by atoms with Gasteiger partial charge in [-0.2, -0.15) is 15.1 Å². The van der Waals surface area contributed by atoms with Gasteiger partial charge in [-0.1, -0.05) is 67.6 Å². The van der Waals surface area contributed by atoms with E-state index in [1.165, 1.54) is 11.1 Å². The first-order chi connectivity index (χ1) is 22.4. The SMILES string of the molecule is CCc1cnn([C@H]2C[C@@H](n3cnc4c(NCC(c5ccccc5)c5ccccc5)nc(N5CC[C@@H](N(C)C)C5)nc43)[C@H](O)[C@@H]2O)c1. The molecule has 11 nitrogen and oxygen atoms in total. The van der Waals surface area contributed by atoms with Crippen molar-refractivity contribution in [1.29, 1.82) is 0 Å². The zero-order valence-electron chi connectivity index (χ0n) is 26.7. The maximum atomic E-state index is 11.3. The van der Waals surface area contributed by atoms with E-state index in [0.29, 0.717) is 41.9 Å². The van der Waals surface area contributed by atoms with Gasteiger partial charge in [0.1, 0.15) is 12.2 Å². The van der Waals surface area contributed by atoms with Crippen molar-refractivity contribution in [3.05, 3.63) is 96.1 Å². The minimum absolute atomic E-state index is 0.0949. The van der Waals surface area contributed by atoms with Gasteiger partial charge in [-0.15, -0.1) is 0 Å². The molecule has 0 unspecified atom stereocenters. The van der Waals surface area contributed by atoms with Gasteiger partial charge >= 0.3 is 0 Å². The molecule has 2 aromatic carbocycles. The average molecular weight is 622 g/mol. The minimum Gasteiger partial charge on any atom is -0.388 e. The van der Waals surface area contributed by atoms with Crippen LogP contribution in [-0.4, -0.2) is 96.4 Å². The van der Waals surface area contributed by atoms with Crippen LogP contribution in [0.1, 0.15) is 54.5 Å². The number of likely N-dealkylation sites (N-methyl/N-ethyl adjacent to an activating group) is 1. The van der Waals surface area contributed by atoms with Crippen molar-refractivity contribution in [2.75, 3.05) is 43.9 Å². The van der Waals surface area contributed by atoms with Gasteiger partial charge in [0, 0.05) is 37.8 Å². The molecule has 0 radical (unpaired) electrons. The third-order valence-corrected chi connectivity index (χ3v) is 9.85. The van der Waals surface area contributed by atoms with Gasteiger partial charge in [0.2, 0.25) is 5.95 Å². The molecule has 46 heavy (non-hydrogen) atoms. The summed E-state index contributed by atoms with van der Waals surface area (Å²) < 4.78 is 3.72. The van der Waals surface area contributed by atoms with Gasteiger partial charge < -0.3 is 29.9 Å². The highest BCUT2D eigenvalue weighted by molar-refractivity contribution is 5.84. The number of imidazole rings is 1. The summed E-state index contributed by atoms with van der Waals surface area (Å²) in [7, 11) is 4.22. The largest absolute Gasteiger partial charge is 0.388 e. The minimum atomic E-state index is -1.00. The number of aliphatic hydroxyl groups excluding tert-OH is 2. The molecule has 1 saturated carbocycles. The molecule has 2 fully saturated rings. The predicted molar refractivity (Wildman–Crippen MR) is 179 cm³/mol. The van der Waals surface area contributed by atoms with Crippen LogP contribution in [-0.2, 0) is 6.42 Å². The lowest BCUT2D eigenvalue weighted by atomic mass is 9.91. The van der Waals surface area contributed by atoms with E-state index in [0.717, 1.165) is 31.5 Å². The highest BCUT2D eigenvalue weighted by Gasteiger charge is 2.44. The molecule has 7 rings (SSSR count). The Hall–Kier alpha value is -4.32. The summed E-state index contributed by atoms with van der Waals surface area (Å²) in [5, 5.41) is 30.7. The second-order valence-electron chi connectivity index (χ2n) is 12.8. The molecule has 5 aromatic rings. The van der Waals surface area contributed by atoms with E-state index in [1.807, 2.05) is 29.1 Å². The van der Waals surface area contributed by atoms with Crippen LogP contribution in [0, 0.1) is 0 Å². The summed E-state index contributed by atoms with van der Waals surface area (Å²) >= 11 is 0. The molecule has 11 heteroatoms. The number of nitrogens with one attached hydrogen (secondary N) is 1. The number of aromatic nitrogens is 6. The fraction of sp³-hybridized carbons (Fsp3) is 0.429. The van der Waals surface area contributed by atoms with Crippen LogP contribution in [0.5, 0.6) is 0 Å². The molecule has 1 aliphatic carbocycles. The molecule has 3 aromatic heterocycles. The highest BCUT2D eigenvalue weighted by atomic mass is 16.3. The third-order valence-electron chi connectivity index (χ3n) is 9.85. The van der Waals surface area contributed by atoms with E-state index in [4.69, 9.17) is 15.0 Å². The van der Waals surface area contributed by atoms with E-state index in [9.17, 15) is 10.2 Å². The van der Waals surface area contributed by atoms with E-state index >= 15 is 0 Å². The van der Waals surface area contributed by atoms with Crippen molar-refractivity contribution in [3.63, 3.8) is 0 Å². The van der Waals surface area contributed by atoms with Crippen LogP contribution < -0.4 is 10.2 Å². The first-order valence-corrected chi connectivity index (χ1v) is 16.3. The smallest absolute Gasteiger partial charge is 0.229 e. The molecule has 1 saturated heterocycles. The maximum Gasteiger partial charge on any atom is 0.229 e. The summed E-state index contributed by atoms with van der Waals surface area (Å²) in [4.78, 5) is 19.4. The molecule has 3 N–H and O–H groups in total. The quantitative estimate of drug-likeness (QED) is 0.213. The number of aryl methyl sites for hydroxylation is 1. The Kier molecular flexibility index (Phi) is 8.46. The Balaban J connectivity index is 1.25. The molecule has 5 atom stereocenters. The number of hydrogen-bond donors (Lipinski definition) is 3. The Morgan fingerprint density at radius 1 is 0.957 bits per heavy atom. The normalized spacial score (nSPS) is 23.3. The fourth-order valence-corrected chi connectivity index (χ4v) is 7.02. The summed E-state index contributed by atoms with van der Waals surface area (Å²) in [5.74, 6) is 1.40. The summed E-state index contributed by atoms with van der Waals surface area (Å²) in [6, 6.07) is 20.6. The fourth-order valence-electron chi connectivity index (χ4n) is 7.02. The molecule has 1 aliphatic heterocycles. The lowest BCUT2D eigenvalue weighted by Gasteiger charge is -2.23. The number of aliphatic hydroxyl groups is 2. The molecular weight excluding hydrogens is 578 g/mol. The van der Waals surface area contributed by atoms with Crippen molar-refractivity contribution in [2.24, 2.45) is 0 Å². The van der Waals surface area contributed by atoms with Crippen molar-refractivity contribution in [3.8, 4) is 0 Å². The Bertz CT molecular complexity index is 1720. The monoisotopic (exact) mass is 621 g/mol. The van der Waals surface area contributed by atoms with Gasteiger partial charge in [-0.05, 0) is 50.0 Å². The third kappa shape index (κ3) is 5.74. The van der Waals surface area contributed by atoms with Gasteiger partial charge in [0.25, 0.3) is 0 Å². The number of hydrogen-bond acceptors (Lipinski definition) is 9. The van der Waals surface area contributed by atoms with Crippen LogP contribution in [0.25, 0.3) is 11.2 Å². The standard InChI is InChI=1S/C35H43N9O2/c1-4-23-18-38-44(20-23)29-17-28(31(45)32(29)46)43-22-37-30-33(39-35(40-34(30)43)42-16-15-26(21-42)41(2)3)36-19-27(24-11-7-5-8-12-24)25-13-9-6-10-14-25/h5-14,18,20,22,26-29,31-32,45-46H,4,15-17,19,21H2,1-3H3,(H,36,39,40)/t26-,28-,29+,31+,32-/m1/s1. The van der Waals surface area contributed by atoms with E-state index in [2.05, 4.69) is 89.8 Å². The van der Waals surface area contributed by atoms with E-state index in [-0.39, 0.29) is 12.0 Å². The van der Waals surface area contributed by atoms with Crippen LogP contribution >= 0.6 is 0 Å². The average Bonchev–Trinajstić information content (AvgIpc) is 3.89. The van der Waals surface area contributed by atoms with Crippen molar-refractivity contribution in [1.82, 2.24) is 34.2 Å². The topological polar surface area (TPSA) is 120 Å². The van der Waals surface area contributed by atoms with Gasteiger partial charge in [0.15, 0.2) is 17.0 Å². The van der Waals surface area contributed by atoms with Crippen LogP contribution in [0.3, 0.4) is 0 Å². The number of fused-ring (bicyclic) bond motifs is 1. The zero-order valence-corrected chi connectivity index (χ0v) is 26.7. The van der Waals surface area contributed by atoms with Gasteiger partial charge in [-0.3, -0.25) is 4.68 Å². The Morgan fingerprint density at radius 2 is 1.65 bits per heavy atom. The second-order valence-corrected chi connectivity index (χ2v) is 12.8. The number of nitrogens with zero attached hydrogens (tertiary/aromatic N) is 8.